The molecule has 5 heteroatoms. The number of carbonyl (C=O) groups is 2. The zero-order chi connectivity index (χ0) is 14.3. The van der Waals surface area contributed by atoms with E-state index in [0.29, 0.717) is 18.5 Å². The van der Waals surface area contributed by atoms with Gasteiger partial charge >= 0.3 is 0 Å². The molecule has 0 bridgehead atoms. The number of nitrogens with two attached hydrogens (primary N) is 1. The zero-order valence-corrected chi connectivity index (χ0v) is 11.1. The van der Waals surface area contributed by atoms with Crippen LogP contribution in [0, 0.1) is 6.92 Å². The summed E-state index contributed by atoms with van der Waals surface area (Å²) < 4.78 is 0. The van der Waals surface area contributed by atoms with Crippen LogP contribution in [0.2, 0.25) is 0 Å². The molecular formula is C15H15N3O2. The van der Waals surface area contributed by atoms with Crippen molar-refractivity contribution in [2.24, 2.45) is 0 Å². The molecule has 0 aliphatic carbocycles. The number of anilines is 1. The number of piperidine rings is 1. The first-order chi connectivity index (χ1) is 9.54. The molecule has 1 aromatic carbocycles. The lowest BCUT2D eigenvalue weighted by atomic mass is 9.89. The number of pyridine rings is 1. The number of amides is 2. The van der Waals surface area contributed by atoms with E-state index in [-0.39, 0.29) is 17.7 Å². The minimum absolute atomic E-state index is 0.203. The Morgan fingerprint density at radius 2 is 2.10 bits per heavy atom. The minimum Gasteiger partial charge on any atom is -0.399 e. The molecule has 20 heavy (non-hydrogen) atoms. The number of hydrogen-bond acceptors (Lipinski definition) is 4. The van der Waals surface area contributed by atoms with Gasteiger partial charge in [-0.15, -0.1) is 0 Å². The number of nitrogen functional groups attached to an aromatic ring is 1. The second kappa shape index (κ2) is 4.59. The highest BCUT2D eigenvalue weighted by atomic mass is 16.2. The molecule has 102 valence electrons. The monoisotopic (exact) mass is 269 g/mol. The largest absolute Gasteiger partial charge is 0.399 e. The second-order valence-corrected chi connectivity index (χ2v) is 5.12. The van der Waals surface area contributed by atoms with Crippen LogP contribution in [-0.4, -0.2) is 16.8 Å². The van der Waals surface area contributed by atoms with Crippen molar-refractivity contribution in [3.63, 3.8) is 0 Å². The van der Waals surface area contributed by atoms with E-state index in [1.807, 2.05) is 31.2 Å². The van der Waals surface area contributed by atoms with Gasteiger partial charge in [0.25, 0.3) is 0 Å². The summed E-state index contributed by atoms with van der Waals surface area (Å²) in [5, 5.41) is 3.34. The molecule has 2 amide bonds. The highest BCUT2D eigenvalue weighted by Crippen LogP contribution is 2.29. The molecule has 1 unspecified atom stereocenters. The Morgan fingerprint density at radius 1 is 1.30 bits per heavy atom. The Kier molecular flexibility index (Phi) is 2.89. The lowest BCUT2D eigenvalue weighted by Crippen LogP contribution is -2.39. The molecule has 0 saturated carbocycles. The highest BCUT2D eigenvalue weighted by molar-refractivity contribution is 6.01. The Balaban J connectivity index is 2.07. The molecule has 3 N–H and O–H groups in total. The first-order valence-electron chi connectivity index (χ1n) is 6.55. The predicted molar refractivity (Wildman–Crippen MR) is 76.0 cm³/mol. The molecule has 1 aliphatic heterocycles. The van der Waals surface area contributed by atoms with Crippen molar-refractivity contribution in [2.75, 3.05) is 5.73 Å². The van der Waals surface area contributed by atoms with E-state index < -0.39 is 0 Å². The Bertz CT molecular complexity index is 724. The van der Waals surface area contributed by atoms with E-state index >= 15 is 0 Å². The van der Waals surface area contributed by atoms with Gasteiger partial charge in [0.05, 0.1) is 11.4 Å². The summed E-state index contributed by atoms with van der Waals surface area (Å²) in [7, 11) is 0. The lowest BCUT2D eigenvalue weighted by molar-refractivity contribution is -0.134. The summed E-state index contributed by atoms with van der Waals surface area (Å²) in [5.74, 6) is -0.742. The average molecular weight is 269 g/mol. The van der Waals surface area contributed by atoms with Crippen LogP contribution >= 0.6 is 0 Å². The molecule has 5 nitrogen and oxygen atoms in total. The van der Waals surface area contributed by atoms with Gasteiger partial charge in [0.1, 0.15) is 0 Å². The van der Waals surface area contributed by atoms with Crippen LogP contribution in [0.5, 0.6) is 0 Å². The van der Waals surface area contributed by atoms with E-state index in [1.54, 1.807) is 0 Å². The number of aromatic nitrogens is 1. The van der Waals surface area contributed by atoms with Gasteiger partial charge in [-0.05, 0) is 37.1 Å². The zero-order valence-electron chi connectivity index (χ0n) is 11.1. The van der Waals surface area contributed by atoms with Gasteiger partial charge in [-0.25, -0.2) is 0 Å². The maximum atomic E-state index is 12.0. The summed E-state index contributed by atoms with van der Waals surface area (Å²) in [4.78, 5) is 27.7. The first-order valence-corrected chi connectivity index (χ1v) is 6.55. The van der Waals surface area contributed by atoms with Crippen LogP contribution in [-0.2, 0) is 9.59 Å². The number of carbonyl (C=O) groups excluding carboxylic acids is 2. The topological polar surface area (TPSA) is 85.1 Å². The number of imide groups is 1. The molecule has 0 spiro atoms. The highest BCUT2D eigenvalue weighted by Gasteiger charge is 2.29. The van der Waals surface area contributed by atoms with Gasteiger partial charge < -0.3 is 5.73 Å². The van der Waals surface area contributed by atoms with Gasteiger partial charge in [0.15, 0.2) is 0 Å². The van der Waals surface area contributed by atoms with Gasteiger partial charge in [0.2, 0.25) is 11.8 Å². The maximum absolute atomic E-state index is 12.0. The predicted octanol–water partition coefficient (Wildman–Crippen LogP) is 1.65. The third-order valence-corrected chi connectivity index (χ3v) is 3.69. The van der Waals surface area contributed by atoms with Crippen LogP contribution in [0.3, 0.4) is 0 Å². The molecule has 1 fully saturated rings. The molecule has 1 aromatic heterocycles. The van der Waals surface area contributed by atoms with Crippen LogP contribution in [0.25, 0.3) is 10.9 Å². The molecule has 2 heterocycles. The summed E-state index contributed by atoms with van der Waals surface area (Å²) in [6.07, 6.45) is 0.906. The molecule has 1 atom stereocenters. The van der Waals surface area contributed by atoms with Gasteiger partial charge in [-0.2, -0.15) is 0 Å². The number of aryl methyl sites for hydroxylation is 1. The quantitative estimate of drug-likeness (QED) is 0.609. The third-order valence-electron chi connectivity index (χ3n) is 3.69. The minimum atomic E-state index is -0.304. The standard InChI is InChI=1S/C15H15N3O2/c1-8-12(11-4-5-14(19)18-15(11)20)6-9-2-3-10(16)7-13(9)17-8/h2-3,6-7,11H,4-5,16H2,1H3,(H,18,19,20). The smallest absolute Gasteiger partial charge is 0.234 e. The van der Waals surface area contributed by atoms with Crippen molar-refractivity contribution in [2.45, 2.75) is 25.7 Å². The number of hydrogen-bond donors (Lipinski definition) is 2. The molecule has 2 aromatic rings. The number of benzene rings is 1. The second-order valence-electron chi connectivity index (χ2n) is 5.12. The fraction of sp³-hybridized carbons (Fsp3) is 0.267. The number of rotatable bonds is 1. The Hall–Kier alpha value is -2.43. The summed E-state index contributed by atoms with van der Waals surface area (Å²) in [6.45, 7) is 1.88. The Labute approximate surface area is 116 Å². The Morgan fingerprint density at radius 3 is 2.85 bits per heavy atom. The van der Waals surface area contributed by atoms with E-state index in [1.165, 1.54) is 0 Å². The van der Waals surface area contributed by atoms with Crippen LogP contribution in [0.4, 0.5) is 5.69 Å². The molecule has 0 radical (unpaired) electrons. The number of fused-ring (bicyclic) bond motifs is 1. The SMILES string of the molecule is Cc1nc2cc(N)ccc2cc1C1CCC(=O)NC1=O. The average Bonchev–Trinajstić information content (AvgIpc) is 2.38. The van der Waals surface area contributed by atoms with Crippen LogP contribution in [0.15, 0.2) is 24.3 Å². The molecule has 1 saturated heterocycles. The van der Waals surface area contributed by atoms with Crippen LogP contribution < -0.4 is 11.1 Å². The summed E-state index contributed by atoms with van der Waals surface area (Å²) in [5.41, 5.74) is 8.92. The van der Waals surface area contributed by atoms with Crippen molar-refractivity contribution in [3.05, 3.63) is 35.5 Å². The fourth-order valence-corrected chi connectivity index (χ4v) is 2.64. The van der Waals surface area contributed by atoms with Crippen LogP contribution in [0.1, 0.15) is 30.0 Å². The maximum Gasteiger partial charge on any atom is 0.234 e. The van der Waals surface area contributed by atoms with Gasteiger partial charge in [-0.1, -0.05) is 6.07 Å². The molecule has 1 aliphatic rings. The van der Waals surface area contributed by atoms with Crippen molar-refractivity contribution in [1.82, 2.24) is 10.3 Å². The van der Waals surface area contributed by atoms with E-state index in [0.717, 1.165) is 22.2 Å². The molecular weight excluding hydrogens is 254 g/mol. The number of nitrogens with one attached hydrogen (secondary N) is 1. The van der Waals surface area contributed by atoms with E-state index in [9.17, 15) is 9.59 Å². The third kappa shape index (κ3) is 2.11. The van der Waals surface area contributed by atoms with Crippen molar-refractivity contribution < 1.29 is 9.59 Å². The van der Waals surface area contributed by atoms with Crippen molar-refractivity contribution in [1.29, 1.82) is 0 Å². The summed E-state index contributed by atoms with van der Waals surface area (Å²) in [6, 6.07) is 7.49. The fourth-order valence-electron chi connectivity index (χ4n) is 2.64. The van der Waals surface area contributed by atoms with Gasteiger partial charge in [-0.3, -0.25) is 19.9 Å². The normalized spacial score (nSPS) is 19.1. The van der Waals surface area contributed by atoms with E-state index in [4.69, 9.17) is 5.73 Å². The first kappa shape index (κ1) is 12.6. The van der Waals surface area contributed by atoms with Gasteiger partial charge in [0, 0.05) is 23.2 Å². The van der Waals surface area contributed by atoms with Crippen molar-refractivity contribution >= 4 is 28.4 Å². The lowest BCUT2D eigenvalue weighted by Gasteiger charge is -2.22. The summed E-state index contributed by atoms with van der Waals surface area (Å²) >= 11 is 0. The number of nitrogens with zero attached hydrogens (tertiary/aromatic N) is 1. The van der Waals surface area contributed by atoms with E-state index in [2.05, 4.69) is 10.3 Å². The van der Waals surface area contributed by atoms with Crippen molar-refractivity contribution in [3.8, 4) is 0 Å². The molecule has 3 rings (SSSR count).